The molecule has 136 valence electrons. The van der Waals surface area contributed by atoms with Crippen LogP contribution in [0.1, 0.15) is 71.6 Å². The summed E-state index contributed by atoms with van der Waals surface area (Å²) in [5.41, 5.74) is 0.852. The predicted octanol–water partition coefficient (Wildman–Crippen LogP) is 4.13. The summed E-state index contributed by atoms with van der Waals surface area (Å²) in [6.45, 7) is 6.49. The Morgan fingerprint density at radius 1 is 0.875 bits per heavy atom. The Hall–Kier alpha value is -0.120. The van der Waals surface area contributed by atoms with Crippen molar-refractivity contribution in [2.75, 3.05) is 13.2 Å². The average molecular weight is 335 g/mol. The van der Waals surface area contributed by atoms with Gasteiger partial charge in [0.1, 0.15) is 0 Å². The van der Waals surface area contributed by atoms with Crippen LogP contribution in [0.5, 0.6) is 0 Å². The van der Waals surface area contributed by atoms with Gasteiger partial charge in [0.25, 0.3) is 0 Å². The van der Waals surface area contributed by atoms with E-state index in [1.165, 1.54) is 38.5 Å². The summed E-state index contributed by atoms with van der Waals surface area (Å²) >= 11 is 0. The molecule has 0 aromatic rings. The van der Waals surface area contributed by atoms with Gasteiger partial charge in [-0.05, 0) is 73.0 Å². The molecule has 0 aromatic heterocycles. The van der Waals surface area contributed by atoms with Gasteiger partial charge < -0.3 is 14.6 Å². The van der Waals surface area contributed by atoms with Gasteiger partial charge in [0, 0.05) is 12.8 Å². The van der Waals surface area contributed by atoms with Gasteiger partial charge in [-0.2, -0.15) is 0 Å². The van der Waals surface area contributed by atoms with Crippen molar-refractivity contribution in [2.45, 2.75) is 83.5 Å². The van der Waals surface area contributed by atoms with Crippen LogP contribution in [-0.2, 0) is 9.47 Å². The van der Waals surface area contributed by atoms with Gasteiger partial charge in [0.2, 0.25) is 0 Å². The minimum absolute atomic E-state index is 0.163. The fraction of sp³-hybridized carbons (Fsp3) is 1.00. The van der Waals surface area contributed by atoms with Crippen LogP contribution in [0.3, 0.4) is 0 Å². The van der Waals surface area contributed by atoms with Crippen molar-refractivity contribution in [1.82, 2.24) is 0 Å². The molecule has 1 N–H and O–H groups in total. The van der Waals surface area contributed by atoms with Crippen LogP contribution in [0.2, 0.25) is 0 Å². The van der Waals surface area contributed by atoms with E-state index in [1.807, 2.05) is 0 Å². The van der Waals surface area contributed by atoms with Crippen LogP contribution in [0.25, 0.3) is 0 Å². The Balaban J connectivity index is 1.45. The Morgan fingerprint density at radius 3 is 2.46 bits per heavy atom. The first-order valence-electron chi connectivity index (χ1n) is 10.4. The minimum atomic E-state index is -0.367. The van der Waals surface area contributed by atoms with E-state index in [9.17, 15) is 5.11 Å². The molecule has 1 spiro atoms. The number of aliphatic hydroxyl groups is 1. The van der Waals surface area contributed by atoms with E-state index in [0.717, 1.165) is 50.2 Å². The van der Waals surface area contributed by atoms with Gasteiger partial charge in [0.15, 0.2) is 5.79 Å². The summed E-state index contributed by atoms with van der Waals surface area (Å²) in [6.07, 6.45) is 11.0. The van der Waals surface area contributed by atoms with Crippen LogP contribution >= 0.6 is 0 Å². The van der Waals surface area contributed by atoms with E-state index in [4.69, 9.17) is 9.47 Å². The van der Waals surface area contributed by atoms with E-state index in [1.54, 1.807) is 0 Å². The summed E-state index contributed by atoms with van der Waals surface area (Å²) in [5, 5.41) is 11.1. The molecule has 7 atom stereocenters. The molecular formula is C21H34O3. The quantitative estimate of drug-likeness (QED) is 0.724. The predicted molar refractivity (Wildman–Crippen MR) is 92.4 cm³/mol. The molecule has 3 nitrogen and oxygen atoms in total. The van der Waals surface area contributed by atoms with E-state index in [2.05, 4.69) is 13.8 Å². The number of fused-ring (bicyclic) bond motifs is 5. The van der Waals surface area contributed by atoms with E-state index < -0.39 is 0 Å². The first-order chi connectivity index (χ1) is 11.5. The number of hydrogen-bond acceptors (Lipinski definition) is 3. The zero-order valence-electron chi connectivity index (χ0n) is 15.4. The number of hydrogen-bond donors (Lipinski definition) is 1. The van der Waals surface area contributed by atoms with Crippen LogP contribution < -0.4 is 0 Å². The number of rotatable bonds is 0. The Morgan fingerprint density at radius 2 is 1.67 bits per heavy atom. The summed E-state index contributed by atoms with van der Waals surface area (Å²) in [5.74, 6) is 2.41. The molecule has 1 aliphatic heterocycles. The summed E-state index contributed by atoms with van der Waals surface area (Å²) < 4.78 is 12.0. The molecule has 5 fully saturated rings. The lowest BCUT2D eigenvalue weighted by atomic mass is 9.44. The highest BCUT2D eigenvalue weighted by Gasteiger charge is 2.62. The molecule has 0 radical (unpaired) electrons. The second-order valence-electron chi connectivity index (χ2n) is 10.2. The lowest BCUT2D eigenvalue weighted by Crippen LogP contribution is -2.59. The van der Waals surface area contributed by atoms with E-state index >= 15 is 0 Å². The topological polar surface area (TPSA) is 38.7 Å². The zero-order valence-corrected chi connectivity index (χ0v) is 15.4. The molecule has 24 heavy (non-hydrogen) atoms. The van der Waals surface area contributed by atoms with Crippen molar-refractivity contribution in [3.63, 3.8) is 0 Å². The lowest BCUT2D eigenvalue weighted by Gasteiger charge is -2.62. The first kappa shape index (κ1) is 16.1. The molecule has 0 amide bonds. The highest BCUT2D eigenvalue weighted by Crippen LogP contribution is 2.67. The largest absolute Gasteiger partial charge is 0.393 e. The molecule has 4 saturated carbocycles. The van der Waals surface area contributed by atoms with Crippen molar-refractivity contribution in [3.05, 3.63) is 0 Å². The van der Waals surface area contributed by atoms with Crippen molar-refractivity contribution in [2.24, 2.45) is 34.5 Å². The normalized spacial score (nSPS) is 55.9. The van der Waals surface area contributed by atoms with Crippen molar-refractivity contribution in [1.29, 1.82) is 0 Å². The van der Waals surface area contributed by atoms with Crippen molar-refractivity contribution in [3.8, 4) is 0 Å². The maximum atomic E-state index is 11.1. The molecule has 0 bridgehead atoms. The van der Waals surface area contributed by atoms with Crippen LogP contribution in [0, 0.1) is 34.5 Å². The van der Waals surface area contributed by atoms with Gasteiger partial charge in [-0.15, -0.1) is 0 Å². The Bertz CT molecular complexity index is 513. The first-order valence-corrected chi connectivity index (χ1v) is 10.4. The molecular weight excluding hydrogens is 300 g/mol. The van der Waals surface area contributed by atoms with Crippen LogP contribution in [-0.4, -0.2) is 30.2 Å². The zero-order chi connectivity index (χ0) is 16.6. The fourth-order valence-electron chi connectivity index (χ4n) is 7.98. The summed E-state index contributed by atoms with van der Waals surface area (Å²) in [6, 6.07) is 0. The molecule has 1 saturated heterocycles. The molecule has 0 unspecified atom stereocenters. The molecule has 5 aliphatic rings. The third kappa shape index (κ3) is 2.07. The van der Waals surface area contributed by atoms with E-state index in [-0.39, 0.29) is 17.3 Å². The molecule has 0 aromatic carbocycles. The van der Waals surface area contributed by atoms with Crippen molar-refractivity contribution < 1.29 is 14.6 Å². The Kier molecular flexibility index (Phi) is 3.49. The maximum Gasteiger partial charge on any atom is 0.168 e. The third-order valence-electron chi connectivity index (χ3n) is 9.28. The maximum absolute atomic E-state index is 11.1. The molecule has 5 rings (SSSR count). The standard InChI is InChI=1S/C21H34O3/c1-19-6-3-4-15(19)14-12-18(22)17-13-21(23-10-11-24-21)9-8-20(17,2)16(14)5-7-19/h14-18,22H,3-13H2,1-2H3/t14-,15+,16-,17+,18-,19+,20-/m0/s1. The summed E-state index contributed by atoms with van der Waals surface area (Å²) in [7, 11) is 0. The van der Waals surface area contributed by atoms with Gasteiger partial charge in [0.05, 0.1) is 19.3 Å². The van der Waals surface area contributed by atoms with Crippen LogP contribution in [0.15, 0.2) is 0 Å². The van der Waals surface area contributed by atoms with Crippen LogP contribution in [0.4, 0.5) is 0 Å². The Labute approximate surface area is 146 Å². The second kappa shape index (κ2) is 5.20. The third-order valence-corrected chi connectivity index (χ3v) is 9.28. The second-order valence-corrected chi connectivity index (χ2v) is 10.2. The summed E-state index contributed by atoms with van der Waals surface area (Å²) in [4.78, 5) is 0. The SMILES string of the molecule is C[C@]12CCC[C@@H]1[C@@H]1C[C@H](O)[C@H]3CC4(CC[C@@]3(C)[C@H]1CC2)OCCO4. The highest BCUT2D eigenvalue weighted by atomic mass is 16.7. The van der Waals surface area contributed by atoms with E-state index in [0.29, 0.717) is 11.3 Å². The number of ether oxygens (including phenoxy) is 2. The van der Waals surface area contributed by atoms with Gasteiger partial charge >= 0.3 is 0 Å². The lowest BCUT2D eigenvalue weighted by molar-refractivity contribution is -0.247. The number of aliphatic hydroxyl groups excluding tert-OH is 1. The monoisotopic (exact) mass is 334 g/mol. The van der Waals surface area contributed by atoms with Gasteiger partial charge in [-0.25, -0.2) is 0 Å². The van der Waals surface area contributed by atoms with Gasteiger partial charge in [-0.3, -0.25) is 0 Å². The highest BCUT2D eigenvalue weighted by molar-refractivity contribution is 5.10. The molecule has 4 aliphatic carbocycles. The smallest absolute Gasteiger partial charge is 0.168 e. The average Bonchev–Trinajstić information content (AvgIpc) is 3.16. The fourth-order valence-corrected chi connectivity index (χ4v) is 7.98. The molecule has 1 heterocycles. The minimum Gasteiger partial charge on any atom is -0.393 e. The molecule has 3 heteroatoms. The van der Waals surface area contributed by atoms with Gasteiger partial charge in [-0.1, -0.05) is 20.3 Å². The van der Waals surface area contributed by atoms with Crippen molar-refractivity contribution >= 4 is 0 Å².